The van der Waals surface area contributed by atoms with E-state index in [1.807, 2.05) is 30.3 Å². The number of thiophene rings is 1. The van der Waals surface area contributed by atoms with Crippen LogP contribution in [0.15, 0.2) is 42.6 Å². The number of pyridine rings is 1. The van der Waals surface area contributed by atoms with Gasteiger partial charge in [-0.15, -0.1) is 11.3 Å². The van der Waals surface area contributed by atoms with Gasteiger partial charge in [0.15, 0.2) is 0 Å². The molecule has 0 saturated heterocycles. The fourth-order valence-corrected chi connectivity index (χ4v) is 3.38. The molecule has 18 heavy (non-hydrogen) atoms. The van der Waals surface area contributed by atoms with E-state index in [9.17, 15) is 0 Å². The minimum absolute atomic E-state index is 0.730. The number of nitrogens with zero attached hydrogens (tertiary/aromatic N) is 1. The summed E-state index contributed by atoms with van der Waals surface area (Å²) < 4.78 is 8.14. The number of benzene rings is 1. The van der Waals surface area contributed by atoms with Gasteiger partial charge in [0, 0.05) is 18.0 Å². The maximum atomic E-state index is 5.87. The Bertz CT molecular complexity index is 694. The lowest BCUT2D eigenvalue weighted by Crippen LogP contribution is -1.87. The van der Waals surface area contributed by atoms with Crippen LogP contribution in [0, 0.1) is 2.88 Å². The van der Waals surface area contributed by atoms with Crippen molar-refractivity contribution in [1.82, 2.24) is 4.98 Å². The van der Waals surface area contributed by atoms with Crippen LogP contribution in [0.4, 0.5) is 5.69 Å². The summed E-state index contributed by atoms with van der Waals surface area (Å²) in [6, 6.07) is 11.3. The fraction of sp³-hybridized carbons (Fsp3) is 0. The molecule has 3 rings (SSSR count). The summed E-state index contributed by atoms with van der Waals surface area (Å²) in [5, 5.41) is 0. The monoisotopic (exact) mass is 368 g/mol. The van der Waals surface area contributed by atoms with Crippen LogP contribution in [0.25, 0.3) is 10.2 Å². The average Bonchev–Trinajstić information content (AvgIpc) is 2.73. The van der Waals surface area contributed by atoms with Crippen LogP contribution in [0.5, 0.6) is 11.5 Å². The minimum atomic E-state index is 0.730. The van der Waals surface area contributed by atoms with E-state index in [0.29, 0.717) is 0 Å². The molecule has 0 bridgehead atoms. The molecular weight excluding hydrogens is 359 g/mol. The molecule has 2 N–H and O–H groups in total. The number of hydrogen-bond acceptors (Lipinski definition) is 4. The smallest absolute Gasteiger partial charge is 0.148 e. The Hall–Kier alpha value is -1.34. The Morgan fingerprint density at radius 2 is 1.94 bits per heavy atom. The van der Waals surface area contributed by atoms with E-state index >= 15 is 0 Å². The Balaban J connectivity index is 2.01. The molecule has 0 atom stereocenters. The van der Waals surface area contributed by atoms with Crippen LogP contribution in [0.2, 0.25) is 0 Å². The van der Waals surface area contributed by atoms with E-state index < -0.39 is 0 Å². The Kier molecular flexibility index (Phi) is 3.09. The van der Waals surface area contributed by atoms with Gasteiger partial charge in [0.05, 0.1) is 13.1 Å². The molecule has 1 aromatic carbocycles. The number of anilines is 1. The maximum Gasteiger partial charge on any atom is 0.148 e. The Labute approximate surface area is 122 Å². The van der Waals surface area contributed by atoms with Gasteiger partial charge in [0.2, 0.25) is 0 Å². The molecular formula is C13H9IN2OS. The van der Waals surface area contributed by atoms with Crippen molar-refractivity contribution < 1.29 is 4.74 Å². The number of ether oxygens (including phenoxy) is 1. The van der Waals surface area contributed by atoms with Gasteiger partial charge < -0.3 is 10.5 Å². The number of nitrogen functional groups attached to an aromatic ring is 1. The van der Waals surface area contributed by atoms with Crippen molar-refractivity contribution in [2.75, 3.05) is 5.73 Å². The molecule has 0 aliphatic heterocycles. The van der Waals surface area contributed by atoms with Crippen LogP contribution in [0.1, 0.15) is 0 Å². The van der Waals surface area contributed by atoms with Crippen LogP contribution in [0.3, 0.4) is 0 Å². The molecule has 0 unspecified atom stereocenters. The molecule has 0 aliphatic carbocycles. The van der Waals surface area contributed by atoms with Gasteiger partial charge in [0.1, 0.15) is 11.5 Å². The van der Waals surface area contributed by atoms with Gasteiger partial charge >= 0.3 is 0 Å². The topological polar surface area (TPSA) is 48.1 Å². The molecule has 0 radical (unpaired) electrons. The highest BCUT2D eigenvalue weighted by Gasteiger charge is 2.08. The molecule has 0 aliphatic rings. The standard InChI is InChI=1S/C13H9IN2OS/c14-12-7-10-13(18-12)11(5-6-16-10)17-9-3-1-8(15)2-4-9/h1-7H,15H2. The van der Waals surface area contributed by atoms with Crippen LogP contribution in [-0.2, 0) is 0 Å². The summed E-state index contributed by atoms with van der Waals surface area (Å²) in [4.78, 5) is 4.32. The summed E-state index contributed by atoms with van der Waals surface area (Å²) in [7, 11) is 0. The lowest BCUT2D eigenvalue weighted by molar-refractivity contribution is 0.489. The highest BCUT2D eigenvalue weighted by molar-refractivity contribution is 14.1. The predicted molar refractivity (Wildman–Crippen MR) is 83.3 cm³/mol. The largest absolute Gasteiger partial charge is 0.456 e. The first-order valence-electron chi connectivity index (χ1n) is 5.30. The van der Waals surface area contributed by atoms with E-state index in [0.717, 1.165) is 27.4 Å². The number of rotatable bonds is 2. The predicted octanol–water partition coefficient (Wildman–Crippen LogP) is 4.28. The van der Waals surface area contributed by atoms with Crippen molar-refractivity contribution in [3.63, 3.8) is 0 Å². The Morgan fingerprint density at radius 3 is 2.72 bits per heavy atom. The van der Waals surface area contributed by atoms with E-state index in [2.05, 4.69) is 33.6 Å². The van der Waals surface area contributed by atoms with Crippen molar-refractivity contribution in [1.29, 1.82) is 0 Å². The molecule has 2 aromatic heterocycles. The quantitative estimate of drug-likeness (QED) is 0.543. The average molecular weight is 368 g/mol. The minimum Gasteiger partial charge on any atom is -0.456 e. The van der Waals surface area contributed by atoms with Crippen molar-refractivity contribution in [2.24, 2.45) is 0 Å². The summed E-state index contributed by atoms with van der Waals surface area (Å²) in [5.74, 6) is 1.61. The first-order chi connectivity index (χ1) is 8.72. The summed E-state index contributed by atoms with van der Waals surface area (Å²) in [5.41, 5.74) is 7.35. The molecule has 2 heterocycles. The van der Waals surface area contributed by atoms with E-state index in [1.165, 1.54) is 2.88 Å². The van der Waals surface area contributed by atoms with E-state index in [-0.39, 0.29) is 0 Å². The van der Waals surface area contributed by atoms with Gasteiger partial charge in [-0.3, -0.25) is 4.98 Å². The van der Waals surface area contributed by atoms with Gasteiger partial charge in [-0.05, 0) is 52.9 Å². The van der Waals surface area contributed by atoms with Crippen LogP contribution >= 0.6 is 33.9 Å². The molecule has 90 valence electrons. The van der Waals surface area contributed by atoms with Gasteiger partial charge in [-0.1, -0.05) is 0 Å². The Morgan fingerprint density at radius 1 is 1.17 bits per heavy atom. The zero-order chi connectivity index (χ0) is 12.5. The van der Waals surface area contributed by atoms with E-state index in [4.69, 9.17) is 10.5 Å². The van der Waals surface area contributed by atoms with Gasteiger partial charge in [-0.25, -0.2) is 0 Å². The highest BCUT2D eigenvalue weighted by atomic mass is 127. The number of hydrogen-bond donors (Lipinski definition) is 1. The van der Waals surface area contributed by atoms with Crippen molar-refractivity contribution in [2.45, 2.75) is 0 Å². The van der Waals surface area contributed by atoms with E-state index in [1.54, 1.807) is 17.5 Å². The van der Waals surface area contributed by atoms with Gasteiger partial charge in [-0.2, -0.15) is 0 Å². The van der Waals surface area contributed by atoms with Crippen molar-refractivity contribution in [3.05, 3.63) is 45.5 Å². The molecule has 3 nitrogen and oxygen atoms in total. The summed E-state index contributed by atoms with van der Waals surface area (Å²) in [6.07, 6.45) is 1.76. The fourth-order valence-electron chi connectivity index (χ4n) is 1.63. The first-order valence-corrected chi connectivity index (χ1v) is 7.19. The molecule has 3 aromatic rings. The molecule has 0 spiro atoms. The van der Waals surface area contributed by atoms with Gasteiger partial charge in [0.25, 0.3) is 0 Å². The third kappa shape index (κ3) is 2.28. The zero-order valence-corrected chi connectivity index (χ0v) is 12.2. The number of aromatic nitrogens is 1. The lowest BCUT2D eigenvalue weighted by Gasteiger charge is -2.06. The van der Waals surface area contributed by atoms with Crippen molar-refractivity contribution >= 4 is 49.8 Å². The summed E-state index contributed by atoms with van der Waals surface area (Å²) >= 11 is 3.97. The number of nitrogens with two attached hydrogens (primary N) is 1. The summed E-state index contributed by atoms with van der Waals surface area (Å²) in [6.45, 7) is 0. The molecule has 5 heteroatoms. The first kappa shape index (κ1) is 11.7. The lowest BCUT2D eigenvalue weighted by atomic mass is 10.3. The second kappa shape index (κ2) is 4.74. The number of fused-ring (bicyclic) bond motifs is 1. The maximum absolute atomic E-state index is 5.87. The SMILES string of the molecule is Nc1ccc(Oc2ccnc3cc(I)sc23)cc1. The highest BCUT2D eigenvalue weighted by Crippen LogP contribution is 2.35. The zero-order valence-electron chi connectivity index (χ0n) is 9.26. The third-order valence-electron chi connectivity index (χ3n) is 2.45. The number of halogens is 1. The third-order valence-corrected chi connectivity index (χ3v) is 4.35. The molecule has 0 amide bonds. The molecule has 0 fully saturated rings. The second-order valence-electron chi connectivity index (χ2n) is 3.75. The molecule has 0 saturated carbocycles. The van der Waals surface area contributed by atoms with Crippen LogP contribution in [-0.4, -0.2) is 4.98 Å². The van der Waals surface area contributed by atoms with Crippen molar-refractivity contribution in [3.8, 4) is 11.5 Å². The second-order valence-corrected chi connectivity index (χ2v) is 6.69. The van der Waals surface area contributed by atoms with Crippen LogP contribution < -0.4 is 10.5 Å². The normalized spacial score (nSPS) is 10.7.